The smallest absolute Gasteiger partial charge is 0.254 e. The Kier molecular flexibility index (Phi) is 4.89. The minimum Gasteiger partial charge on any atom is -0.494 e. The van der Waals surface area contributed by atoms with Crippen molar-refractivity contribution in [2.75, 3.05) is 20.2 Å². The number of carbonyl (C=O) groups is 1. The number of hydrogen-bond donors (Lipinski definition) is 1. The number of amides is 1. The molecule has 0 atom stereocenters. The SMILES string of the molecule is CCN(CC(C)(C)O)C(=O)c1ccc(OC)c(F)c1. The van der Waals surface area contributed by atoms with Gasteiger partial charge in [0.25, 0.3) is 5.91 Å². The first-order valence-electron chi connectivity index (χ1n) is 6.13. The maximum atomic E-state index is 13.6. The molecule has 0 aliphatic heterocycles. The van der Waals surface area contributed by atoms with Crippen LogP contribution < -0.4 is 4.74 Å². The molecule has 0 aromatic heterocycles. The molecule has 1 aromatic carbocycles. The van der Waals surface area contributed by atoms with Gasteiger partial charge in [-0.25, -0.2) is 4.39 Å². The Bertz CT molecular complexity index is 454. The van der Waals surface area contributed by atoms with Crippen LogP contribution in [0.3, 0.4) is 0 Å². The lowest BCUT2D eigenvalue weighted by Crippen LogP contribution is -2.42. The fourth-order valence-electron chi connectivity index (χ4n) is 1.78. The van der Waals surface area contributed by atoms with Crippen molar-refractivity contribution in [1.29, 1.82) is 0 Å². The molecule has 0 fully saturated rings. The van der Waals surface area contributed by atoms with Crippen molar-refractivity contribution in [1.82, 2.24) is 4.90 Å². The van der Waals surface area contributed by atoms with Crippen LogP contribution in [0.5, 0.6) is 5.75 Å². The van der Waals surface area contributed by atoms with Gasteiger partial charge in [0.05, 0.1) is 12.7 Å². The molecular formula is C14H20FNO3. The summed E-state index contributed by atoms with van der Waals surface area (Å²) >= 11 is 0. The summed E-state index contributed by atoms with van der Waals surface area (Å²) in [6.45, 7) is 5.69. The summed E-state index contributed by atoms with van der Waals surface area (Å²) in [6.07, 6.45) is 0. The van der Waals surface area contributed by atoms with Gasteiger partial charge in [-0.15, -0.1) is 0 Å². The molecule has 5 heteroatoms. The van der Waals surface area contributed by atoms with E-state index in [1.807, 2.05) is 6.92 Å². The van der Waals surface area contributed by atoms with Gasteiger partial charge in [0.2, 0.25) is 0 Å². The molecule has 1 rings (SSSR count). The molecule has 0 spiro atoms. The Hall–Kier alpha value is -1.62. The number of nitrogens with zero attached hydrogens (tertiary/aromatic N) is 1. The predicted octanol–water partition coefficient (Wildman–Crippen LogP) is 2.07. The highest BCUT2D eigenvalue weighted by Gasteiger charge is 2.22. The first-order valence-corrected chi connectivity index (χ1v) is 6.13. The van der Waals surface area contributed by atoms with Gasteiger partial charge in [-0.1, -0.05) is 0 Å². The number of hydrogen-bond acceptors (Lipinski definition) is 3. The number of carbonyl (C=O) groups excluding carboxylic acids is 1. The Morgan fingerprint density at radius 1 is 1.47 bits per heavy atom. The molecule has 0 radical (unpaired) electrons. The fraction of sp³-hybridized carbons (Fsp3) is 0.500. The minimum absolute atomic E-state index is 0.0992. The minimum atomic E-state index is -0.989. The van der Waals surface area contributed by atoms with Crippen LogP contribution in [0.15, 0.2) is 18.2 Å². The van der Waals surface area contributed by atoms with E-state index in [4.69, 9.17) is 4.74 Å². The first kappa shape index (κ1) is 15.4. The largest absolute Gasteiger partial charge is 0.494 e. The van der Waals surface area contributed by atoms with E-state index >= 15 is 0 Å². The van der Waals surface area contributed by atoms with E-state index in [0.717, 1.165) is 6.07 Å². The van der Waals surface area contributed by atoms with Crippen molar-refractivity contribution in [2.45, 2.75) is 26.4 Å². The van der Waals surface area contributed by atoms with Gasteiger partial charge in [-0.2, -0.15) is 0 Å². The lowest BCUT2D eigenvalue weighted by atomic mass is 10.1. The van der Waals surface area contributed by atoms with E-state index in [0.29, 0.717) is 6.54 Å². The van der Waals surface area contributed by atoms with Crippen LogP contribution in [0.1, 0.15) is 31.1 Å². The van der Waals surface area contributed by atoms with Crippen molar-refractivity contribution >= 4 is 5.91 Å². The van der Waals surface area contributed by atoms with Crippen molar-refractivity contribution in [3.8, 4) is 5.75 Å². The quantitative estimate of drug-likeness (QED) is 0.890. The molecule has 0 unspecified atom stereocenters. The van der Waals surface area contributed by atoms with Gasteiger partial charge < -0.3 is 14.7 Å². The van der Waals surface area contributed by atoms with Crippen LogP contribution in [-0.2, 0) is 0 Å². The second kappa shape index (κ2) is 6.02. The van der Waals surface area contributed by atoms with Crippen LogP contribution in [0, 0.1) is 5.82 Å². The average molecular weight is 269 g/mol. The van der Waals surface area contributed by atoms with E-state index in [1.54, 1.807) is 13.8 Å². The van der Waals surface area contributed by atoms with E-state index in [-0.39, 0.29) is 23.8 Å². The van der Waals surface area contributed by atoms with E-state index < -0.39 is 11.4 Å². The summed E-state index contributed by atoms with van der Waals surface area (Å²) in [6, 6.07) is 4.08. The molecule has 0 bridgehead atoms. The molecule has 1 N–H and O–H groups in total. The summed E-state index contributed by atoms with van der Waals surface area (Å²) in [5.74, 6) is -0.791. The van der Waals surface area contributed by atoms with Crippen LogP contribution in [0.4, 0.5) is 4.39 Å². The topological polar surface area (TPSA) is 49.8 Å². The molecule has 0 saturated carbocycles. The Balaban J connectivity index is 2.95. The highest BCUT2D eigenvalue weighted by atomic mass is 19.1. The Morgan fingerprint density at radius 3 is 2.53 bits per heavy atom. The number of benzene rings is 1. The maximum Gasteiger partial charge on any atom is 0.254 e. The van der Waals surface area contributed by atoms with Crippen LogP contribution >= 0.6 is 0 Å². The summed E-state index contributed by atoms with van der Waals surface area (Å²) in [4.78, 5) is 13.7. The zero-order valence-corrected chi connectivity index (χ0v) is 11.7. The van der Waals surface area contributed by atoms with E-state index in [1.165, 1.54) is 24.1 Å². The van der Waals surface area contributed by atoms with E-state index in [2.05, 4.69) is 0 Å². The third-order valence-corrected chi connectivity index (χ3v) is 2.65. The standard InChI is InChI=1S/C14H20FNO3/c1-5-16(9-14(2,3)18)13(17)10-6-7-12(19-4)11(15)8-10/h6-8,18H,5,9H2,1-4H3. The molecule has 0 saturated heterocycles. The Labute approximate surface area is 112 Å². The van der Waals surface area contributed by atoms with Crippen molar-refractivity contribution in [3.05, 3.63) is 29.6 Å². The molecule has 1 amide bonds. The molecular weight excluding hydrogens is 249 g/mol. The number of rotatable bonds is 5. The molecule has 1 aromatic rings. The third-order valence-electron chi connectivity index (χ3n) is 2.65. The molecule has 0 heterocycles. The predicted molar refractivity (Wildman–Crippen MR) is 70.8 cm³/mol. The number of aliphatic hydroxyl groups is 1. The second-order valence-electron chi connectivity index (χ2n) is 4.98. The van der Waals surface area contributed by atoms with Crippen LogP contribution in [0.2, 0.25) is 0 Å². The number of ether oxygens (including phenoxy) is 1. The lowest BCUT2D eigenvalue weighted by molar-refractivity contribution is 0.0314. The lowest BCUT2D eigenvalue weighted by Gasteiger charge is -2.28. The van der Waals surface area contributed by atoms with Crippen molar-refractivity contribution in [2.24, 2.45) is 0 Å². The summed E-state index contributed by atoms with van der Waals surface area (Å²) < 4.78 is 18.4. The Morgan fingerprint density at radius 2 is 2.11 bits per heavy atom. The molecule has 4 nitrogen and oxygen atoms in total. The van der Waals surface area contributed by atoms with Gasteiger partial charge in [0, 0.05) is 18.7 Å². The molecule has 19 heavy (non-hydrogen) atoms. The summed E-state index contributed by atoms with van der Waals surface area (Å²) in [7, 11) is 1.37. The molecule has 106 valence electrons. The van der Waals surface area contributed by atoms with Gasteiger partial charge in [-0.3, -0.25) is 4.79 Å². The fourth-order valence-corrected chi connectivity index (χ4v) is 1.78. The van der Waals surface area contributed by atoms with E-state index in [9.17, 15) is 14.3 Å². The van der Waals surface area contributed by atoms with Crippen LogP contribution in [-0.4, -0.2) is 41.7 Å². The van der Waals surface area contributed by atoms with Gasteiger partial charge >= 0.3 is 0 Å². The number of methoxy groups -OCH3 is 1. The van der Waals surface area contributed by atoms with Gasteiger partial charge in [0.1, 0.15) is 0 Å². The molecule has 0 aliphatic carbocycles. The maximum absolute atomic E-state index is 13.6. The zero-order chi connectivity index (χ0) is 14.6. The van der Waals surface area contributed by atoms with Crippen molar-refractivity contribution < 1.29 is 19.0 Å². The average Bonchev–Trinajstić information content (AvgIpc) is 2.34. The monoisotopic (exact) mass is 269 g/mol. The van der Waals surface area contributed by atoms with Gasteiger partial charge in [0.15, 0.2) is 11.6 Å². The van der Waals surface area contributed by atoms with Gasteiger partial charge in [-0.05, 0) is 39.0 Å². The number of halogens is 1. The van der Waals surface area contributed by atoms with Crippen LogP contribution in [0.25, 0.3) is 0 Å². The number of likely N-dealkylation sites (N-methyl/N-ethyl adjacent to an activating group) is 1. The second-order valence-corrected chi connectivity index (χ2v) is 4.98. The highest BCUT2D eigenvalue weighted by Crippen LogP contribution is 2.19. The summed E-state index contributed by atoms with van der Waals surface area (Å²) in [5, 5.41) is 9.76. The first-order chi connectivity index (χ1) is 8.78. The third kappa shape index (κ3) is 4.21. The van der Waals surface area contributed by atoms with Crippen molar-refractivity contribution in [3.63, 3.8) is 0 Å². The highest BCUT2D eigenvalue weighted by molar-refractivity contribution is 5.94. The normalized spacial score (nSPS) is 11.3. The molecule has 0 aliphatic rings. The zero-order valence-electron chi connectivity index (χ0n) is 11.7. The summed E-state index contributed by atoms with van der Waals surface area (Å²) in [5.41, 5.74) is -0.749.